The molecule has 0 spiro atoms. The van der Waals surface area contributed by atoms with Crippen molar-refractivity contribution >= 4 is 17.7 Å². The number of aromatic hydroxyl groups is 1. The summed E-state index contributed by atoms with van der Waals surface area (Å²) in [7, 11) is 0. The van der Waals surface area contributed by atoms with Crippen molar-refractivity contribution in [1.82, 2.24) is 4.98 Å². The van der Waals surface area contributed by atoms with Crippen molar-refractivity contribution in [1.29, 1.82) is 0 Å². The highest BCUT2D eigenvalue weighted by molar-refractivity contribution is 5.85. The predicted octanol–water partition coefficient (Wildman–Crippen LogP) is 2.75. The van der Waals surface area contributed by atoms with Crippen LogP contribution in [0.5, 0.6) is 5.75 Å². The van der Waals surface area contributed by atoms with Gasteiger partial charge in [-0.2, -0.15) is 0 Å². The Hall–Kier alpha value is -2.76. The van der Waals surface area contributed by atoms with Gasteiger partial charge in [0.25, 0.3) is 5.69 Å². The minimum Gasteiger partial charge on any atom is -0.507 e. The SMILES string of the molecule is Cc1ccc(N=Cc2cc([N+](=O)[O-])ccc2O)nc1. The first-order chi connectivity index (χ1) is 9.06. The van der Waals surface area contributed by atoms with Gasteiger partial charge in [-0.25, -0.2) is 9.98 Å². The Kier molecular flexibility index (Phi) is 3.51. The van der Waals surface area contributed by atoms with Gasteiger partial charge < -0.3 is 5.11 Å². The van der Waals surface area contributed by atoms with Crippen molar-refractivity contribution in [2.75, 3.05) is 0 Å². The fourth-order valence-electron chi connectivity index (χ4n) is 1.43. The van der Waals surface area contributed by atoms with Crippen LogP contribution in [-0.4, -0.2) is 21.2 Å². The molecule has 0 bridgehead atoms. The van der Waals surface area contributed by atoms with Crippen LogP contribution in [0.3, 0.4) is 0 Å². The van der Waals surface area contributed by atoms with Gasteiger partial charge in [-0.1, -0.05) is 6.07 Å². The molecular weight excluding hydrogens is 246 g/mol. The number of aliphatic imine (C=N–C) groups is 1. The molecular formula is C13H11N3O3. The average molecular weight is 257 g/mol. The third-order valence-corrected chi connectivity index (χ3v) is 2.45. The van der Waals surface area contributed by atoms with Gasteiger partial charge in [-0.05, 0) is 24.6 Å². The first-order valence-electron chi connectivity index (χ1n) is 5.50. The fraction of sp³-hybridized carbons (Fsp3) is 0.0769. The summed E-state index contributed by atoms with van der Waals surface area (Å²) in [5.74, 6) is 0.401. The highest BCUT2D eigenvalue weighted by Gasteiger charge is 2.08. The highest BCUT2D eigenvalue weighted by atomic mass is 16.6. The van der Waals surface area contributed by atoms with Crippen LogP contribution in [-0.2, 0) is 0 Å². The largest absolute Gasteiger partial charge is 0.507 e. The van der Waals surface area contributed by atoms with Crippen molar-refractivity contribution < 1.29 is 10.0 Å². The summed E-state index contributed by atoms with van der Waals surface area (Å²) in [5.41, 5.74) is 1.19. The zero-order chi connectivity index (χ0) is 13.8. The summed E-state index contributed by atoms with van der Waals surface area (Å²) in [4.78, 5) is 18.2. The van der Waals surface area contributed by atoms with Crippen LogP contribution in [0.1, 0.15) is 11.1 Å². The maximum atomic E-state index is 10.6. The molecule has 2 rings (SSSR count). The minimum atomic E-state index is -0.527. The van der Waals surface area contributed by atoms with Gasteiger partial charge in [0, 0.05) is 30.1 Å². The molecule has 1 aromatic carbocycles. The number of nitro benzene ring substituents is 1. The first kappa shape index (κ1) is 12.7. The Bertz CT molecular complexity index is 636. The van der Waals surface area contributed by atoms with Crippen molar-refractivity contribution in [3.05, 3.63) is 57.8 Å². The molecule has 0 atom stereocenters. The van der Waals surface area contributed by atoms with E-state index in [1.165, 1.54) is 24.4 Å². The maximum Gasteiger partial charge on any atom is 0.270 e. The number of hydrogen-bond acceptors (Lipinski definition) is 5. The van der Waals surface area contributed by atoms with E-state index in [0.717, 1.165) is 5.56 Å². The number of pyridine rings is 1. The van der Waals surface area contributed by atoms with E-state index in [4.69, 9.17) is 0 Å². The Labute approximate surface area is 109 Å². The minimum absolute atomic E-state index is 0.0681. The monoisotopic (exact) mass is 257 g/mol. The van der Waals surface area contributed by atoms with Crippen molar-refractivity contribution in [2.45, 2.75) is 6.92 Å². The standard InChI is InChI=1S/C13H11N3O3/c1-9-2-5-13(14-7-9)15-8-10-6-11(16(18)19)3-4-12(10)17/h2-8,17H,1H3. The van der Waals surface area contributed by atoms with Crippen LogP contribution in [0.25, 0.3) is 0 Å². The third-order valence-electron chi connectivity index (χ3n) is 2.45. The lowest BCUT2D eigenvalue weighted by atomic mass is 10.2. The summed E-state index contributed by atoms with van der Waals surface area (Å²) in [6.07, 6.45) is 3.01. The zero-order valence-electron chi connectivity index (χ0n) is 10.1. The summed E-state index contributed by atoms with van der Waals surface area (Å²) in [6.45, 7) is 1.91. The van der Waals surface area contributed by atoms with E-state index >= 15 is 0 Å². The van der Waals surface area contributed by atoms with E-state index in [9.17, 15) is 15.2 Å². The lowest BCUT2D eigenvalue weighted by Crippen LogP contribution is -1.90. The molecule has 2 aromatic rings. The Morgan fingerprint density at radius 1 is 1.37 bits per heavy atom. The predicted molar refractivity (Wildman–Crippen MR) is 71.0 cm³/mol. The molecule has 0 amide bonds. The Balaban J connectivity index is 2.29. The number of phenolic OH excluding ortho intramolecular Hbond substituents is 1. The second-order valence-electron chi connectivity index (χ2n) is 3.95. The molecule has 0 aliphatic carbocycles. The van der Waals surface area contributed by atoms with E-state index in [1.807, 2.05) is 13.0 Å². The molecule has 1 heterocycles. The summed E-state index contributed by atoms with van der Waals surface area (Å²) in [5, 5.41) is 20.2. The molecule has 0 aliphatic heterocycles. The summed E-state index contributed by atoms with van der Waals surface area (Å²) >= 11 is 0. The molecule has 1 aromatic heterocycles. The van der Waals surface area contributed by atoms with Gasteiger partial charge in [0.15, 0.2) is 5.82 Å². The van der Waals surface area contributed by atoms with E-state index in [-0.39, 0.29) is 17.0 Å². The number of rotatable bonds is 3. The normalized spacial score (nSPS) is 10.8. The highest BCUT2D eigenvalue weighted by Crippen LogP contribution is 2.22. The van der Waals surface area contributed by atoms with Gasteiger partial charge >= 0.3 is 0 Å². The van der Waals surface area contributed by atoms with Crippen LogP contribution < -0.4 is 0 Å². The van der Waals surface area contributed by atoms with Crippen molar-refractivity contribution in [3.8, 4) is 5.75 Å². The third kappa shape index (κ3) is 3.12. The molecule has 1 N–H and O–H groups in total. The maximum absolute atomic E-state index is 10.6. The smallest absolute Gasteiger partial charge is 0.270 e. The molecule has 96 valence electrons. The fourth-order valence-corrected chi connectivity index (χ4v) is 1.43. The Morgan fingerprint density at radius 3 is 2.79 bits per heavy atom. The van der Waals surface area contributed by atoms with Crippen molar-refractivity contribution in [2.24, 2.45) is 4.99 Å². The molecule has 0 fully saturated rings. The number of nitrogens with zero attached hydrogens (tertiary/aromatic N) is 3. The number of benzene rings is 1. The van der Waals surface area contributed by atoms with Crippen LogP contribution in [0.15, 0.2) is 41.5 Å². The number of aromatic nitrogens is 1. The van der Waals surface area contributed by atoms with Gasteiger partial charge in [0.2, 0.25) is 0 Å². The number of aryl methyl sites for hydroxylation is 1. The zero-order valence-corrected chi connectivity index (χ0v) is 10.1. The van der Waals surface area contributed by atoms with E-state index in [1.54, 1.807) is 12.3 Å². The molecule has 6 heteroatoms. The van der Waals surface area contributed by atoms with Crippen LogP contribution in [0.2, 0.25) is 0 Å². The van der Waals surface area contributed by atoms with E-state index in [0.29, 0.717) is 5.82 Å². The number of phenols is 1. The van der Waals surface area contributed by atoms with Crippen LogP contribution in [0, 0.1) is 17.0 Å². The molecule has 0 aliphatic rings. The number of non-ortho nitro benzene ring substituents is 1. The molecule has 0 saturated heterocycles. The number of hydrogen-bond donors (Lipinski definition) is 1. The lowest BCUT2D eigenvalue weighted by Gasteiger charge is -1.98. The quantitative estimate of drug-likeness (QED) is 0.520. The Morgan fingerprint density at radius 2 is 2.16 bits per heavy atom. The molecule has 19 heavy (non-hydrogen) atoms. The second-order valence-corrected chi connectivity index (χ2v) is 3.95. The van der Waals surface area contributed by atoms with Crippen LogP contribution >= 0.6 is 0 Å². The van der Waals surface area contributed by atoms with Crippen molar-refractivity contribution in [3.63, 3.8) is 0 Å². The van der Waals surface area contributed by atoms with Gasteiger partial charge in [-0.3, -0.25) is 10.1 Å². The topological polar surface area (TPSA) is 88.6 Å². The molecule has 6 nitrogen and oxygen atoms in total. The van der Waals surface area contributed by atoms with Gasteiger partial charge in [0.1, 0.15) is 5.75 Å². The van der Waals surface area contributed by atoms with E-state index in [2.05, 4.69) is 9.98 Å². The summed E-state index contributed by atoms with van der Waals surface area (Å²) in [6, 6.07) is 7.33. The molecule has 0 radical (unpaired) electrons. The van der Waals surface area contributed by atoms with Crippen LogP contribution in [0.4, 0.5) is 11.5 Å². The molecule has 0 saturated carbocycles. The second kappa shape index (κ2) is 5.26. The van der Waals surface area contributed by atoms with Gasteiger partial charge in [0.05, 0.1) is 4.92 Å². The average Bonchev–Trinajstić information content (AvgIpc) is 2.39. The number of nitro groups is 1. The van der Waals surface area contributed by atoms with Gasteiger partial charge in [-0.15, -0.1) is 0 Å². The first-order valence-corrected chi connectivity index (χ1v) is 5.50. The summed E-state index contributed by atoms with van der Waals surface area (Å²) < 4.78 is 0. The lowest BCUT2D eigenvalue weighted by molar-refractivity contribution is -0.384. The van der Waals surface area contributed by atoms with E-state index < -0.39 is 4.92 Å². The molecule has 0 unspecified atom stereocenters.